The molecule has 0 aromatic heterocycles. The van der Waals surface area contributed by atoms with Crippen LogP contribution < -0.4 is 10.1 Å². The lowest BCUT2D eigenvalue weighted by Crippen LogP contribution is -2.47. The van der Waals surface area contributed by atoms with Gasteiger partial charge in [-0.2, -0.15) is 0 Å². The van der Waals surface area contributed by atoms with Gasteiger partial charge in [-0.3, -0.25) is 4.79 Å². The molecule has 1 saturated heterocycles. The first-order valence-electron chi connectivity index (χ1n) is 7.79. The van der Waals surface area contributed by atoms with Crippen LogP contribution in [0.4, 0.5) is 0 Å². The van der Waals surface area contributed by atoms with Crippen LogP contribution in [0.2, 0.25) is 0 Å². The molecule has 124 valence electrons. The molecule has 1 atom stereocenters. The maximum atomic E-state index is 12.4. The third-order valence-electron chi connectivity index (χ3n) is 3.81. The van der Waals surface area contributed by atoms with Crippen LogP contribution in [0.25, 0.3) is 0 Å². The zero-order valence-corrected chi connectivity index (χ0v) is 14.5. The van der Waals surface area contributed by atoms with Crippen molar-refractivity contribution >= 4 is 18.3 Å². The van der Waals surface area contributed by atoms with Crippen molar-refractivity contribution in [3.8, 4) is 5.75 Å². The predicted molar refractivity (Wildman–Crippen MR) is 91.8 cm³/mol. The molecule has 0 bridgehead atoms. The summed E-state index contributed by atoms with van der Waals surface area (Å²) >= 11 is 0. The Kier molecular flexibility index (Phi) is 7.69. The monoisotopic (exact) mass is 326 g/mol. The molecule has 1 aromatic rings. The molecule has 1 N–H and O–H groups in total. The Morgan fingerprint density at radius 2 is 2.23 bits per heavy atom. The molecular formula is C17H27ClN2O2. The Morgan fingerprint density at radius 3 is 2.91 bits per heavy atom. The van der Waals surface area contributed by atoms with E-state index in [9.17, 15) is 4.79 Å². The highest BCUT2D eigenvalue weighted by Crippen LogP contribution is 2.17. The highest BCUT2D eigenvalue weighted by molar-refractivity contribution is 5.85. The molecule has 0 spiro atoms. The quantitative estimate of drug-likeness (QED) is 0.904. The SMILES string of the molecule is CNC1CCCN(C(=O)Cc2cccc(OC(C)C)c2)C1.Cl. The molecule has 4 nitrogen and oxygen atoms in total. The summed E-state index contributed by atoms with van der Waals surface area (Å²) < 4.78 is 5.68. The number of ether oxygens (including phenoxy) is 1. The Balaban J connectivity index is 0.00000242. The number of amides is 1. The van der Waals surface area contributed by atoms with Gasteiger partial charge in [0.25, 0.3) is 0 Å². The summed E-state index contributed by atoms with van der Waals surface area (Å²) in [6.07, 6.45) is 2.83. The van der Waals surface area contributed by atoms with E-state index in [0.29, 0.717) is 12.5 Å². The number of rotatable bonds is 5. The van der Waals surface area contributed by atoms with Crippen molar-refractivity contribution in [2.24, 2.45) is 0 Å². The van der Waals surface area contributed by atoms with E-state index in [1.165, 1.54) is 0 Å². The van der Waals surface area contributed by atoms with Gasteiger partial charge in [0.2, 0.25) is 5.91 Å². The van der Waals surface area contributed by atoms with E-state index in [1.54, 1.807) is 0 Å². The number of benzene rings is 1. The van der Waals surface area contributed by atoms with Gasteiger partial charge in [0, 0.05) is 19.1 Å². The van der Waals surface area contributed by atoms with Crippen LogP contribution in [-0.4, -0.2) is 43.1 Å². The molecular weight excluding hydrogens is 300 g/mol. The number of carbonyl (C=O) groups is 1. The number of likely N-dealkylation sites (N-methyl/N-ethyl adjacent to an activating group) is 1. The molecule has 2 rings (SSSR count). The zero-order valence-electron chi connectivity index (χ0n) is 13.7. The van der Waals surface area contributed by atoms with E-state index >= 15 is 0 Å². The molecule has 1 heterocycles. The topological polar surface area (TPSA) is 41.6 Å². The lowest BCUT2D eigenvalue weighted by molar-refractivity contribution is -0.131. The van der Waals surface area contributed by atoms with Crippen LogP contribution in [0.1, 0.15) is 32.3 Å². The smallest absolute Gasteiger partial charge is 0.227 e. The van der Waals surface area contributed by atoms with Gasteiger partial charge in [-0.1, -0.05) is 12.1 Å². The minimum atomic E-state index is 0. The fraction of sp³-hybridized carbons (Fsp3) is 0.588. The zero-order chi connectivity index (χ0) is 15.2. The first kappa shape index (κ1) is 18.8. The average molecular weight is 327 g/mol. The second kappa shape index (κ2) is 9.01. The van der Waals surface area contributed by atoms with Crippen LogP contribution in [0.15, 0.2) is 24.3 Å². The lowest BCUT2D eigenvalue weighted by atomic mass is 10.0. The maximum Gasteiger partial charge on any atom is 0.227 e. The molecule has 0 aliphatic carbocycles. The molecule has 1 unspecified atom stereocenters. The number of piperidine rings is 1. The summed E-state index contributed by atoms with van der Waals surface area (Å²) in [4.78, 5) is 14.4. The molecule has 1 amide bonds. The van der Waals surface area contributed by atoms with E-state index in [2.05, 4.69) is 5.32 Å². The van der Waals surface area contributed by atoms with Crippen molar-refractivity contribution in [1.82, 2.24) is 10.2 Å². The third kappa shape index (κ3) is 5.50. The molecule has 1 aliphatic heterocycles. The first-order chi connectivity index (χ1) is 10.1. The summed E-state index contributed by atoms with van der Waals surface area (Å²) in [5.41, 5.74) is 1.02. The van der Waals surface area contributed by atoms with Crippen LogP contribution in [0, 0.1) is 0 Å². The molecule has 0 saturated carbocycles. The van der Waals surface area contributed by atoms with Crippen molar-refractivity contribution in [3.05, 3.63) is 29.8 Å². The van der Waals surface area contributed by atoms with Gasteiger partial charge in [0.05, 0.1) is 12.5 Å². The van der Waals surface area contributed by atoms with Crippen LogP contribution >= 0.6 is 12.4 Å². The summed E-state index contributed by atoms with van der Waals surface area (Å²) in [5, 5.41) is 3.27. The highest BCUT2D eigenvalue weighted by atomic mass is 35.5. The van der Waals surface area contributed by atoms with Gasteiger partial charge in [-0.25, -0.2) is 0 Å². The van der Waals surface area contributed by atoms with Gasteiger partial charge in [0.1, 0.15) is 5.75 Å². The number of hydrogen-bond donors (Lipinski definition) is 1. The van der Waals surface area contributed by atoms with Gasteiger partial charge < -0.3 is 15.0 Å². The molecule has 1 fully saturated rings. The van der Waals surface area contributed by atoms with Crippen LogP contribution in [0.3, 0.4) is 0 Å². The van der Waals surface area contributed by atoms with Crippen molar-refractivity contribution in [2.75, 3.05) is 20.1 Å². The van der Waals surface area contributed by atoms with Crippen LogP contribution in [-0.2, 0) is 11.2 Å². The van der Waals surface area contributed by atoms with Crippen molar-refractivity contribution in [3.63, 3.8) is 0 Å². The Morgan fingerprint density at radius 1 is 1.45 bits per heavy atom. The maximum absolute atomic E-state index is 12.4. The number of nitrogens with zero attached hydrogens (tertiary/aromatic N) is 1. The summed E-state index contributed by atoms with van der Waals surface area (Å²) in [5.74, 6) is 1.04. The van der Waals surface area contributed by atoms with Gasteiger partial charge >= 0.3 is 0 Å². The fourth-order valence-electron chi connectivity index (χ4n) is 2.73. The third-order valence-corrected chi connectivity index (χ3v) is 3.81. The second-order valence-corrected chi connectivity index (χ2v) is 5.96. The number of likely N-dealkylation sites (tertiary alicyclic amines) is 1. The Bertz CT molecular complexity index is 479. The standard InChI is InChI=1S/C17H26N2O2.ClH/c1-13(2)21-16-8-4-6-14(10-16)11-17(20)19-9-5-7-15(12-19)18-3;/h4,6,8,10,13,15,18H,5,7,9,11-12H2,1-3H3;1H. The minimum absolute atomic E-state index is 0. The number of nitrogens with one attached hydrogen (secondary N) is 1. The molecule has 1 aromatic carbocycles. The largest absolute Gasteiger partial charge is 0.491 e. The van der Waals surface area contributed by atoms with Gasteiger partial charge in [0.15, 0.2) is 0 Å². The van der Waals surface area contributed by atoms with E-state index in [0.717, 1.165) is 37.2 Å². The summed E-state index contributed by atoms with van der Waals surface area (Å²) in [7, 11) is 1.96. The number of halogens is 1. The Labute approximate surface area is 139 Å². The van der Waals surface area contributed by atoms with E-state index in [1.807, 2.05) is 50.1 Å². The number of carbonyl (C=O) groups excluding carboxylic acids is 1. The van der Waals surface area contributed by atoms with Crippen molar-refractivity contribution in [2.45, 2.75) is 45.3 Å². The molecule has 0 radical (unpaired) electrons. The first-order valence-corrected chi connectivity index (χ1v) is 7.79. The second-order valence-electron chi connectivity index (χ2n) is 5.96. The van der Waals surface area contributed by atoms with E-state index in [-0.39, 0.29) is 24.4 Å². The normalized spacial score (nSPS) is 18.0. The minimum Gasteiger partial charge on any atom is -0.491 e. The van der Waals surface area contributed by atoms with Gasteiger partial charge in [-0.15, -0.1) is 12.4 Å². The van der Waals surface area contributed by atoms with Crippen molar-refractivity contribution < 1.29 is 9.53 Å². The number of hydrogen-bond acceptors (Lipinski definition) is 3. The van der Waals surface area contributed by atoms with E-state index in [4.69, 9.17) is 4.74 Å². The predicted octanol–water partition coefficient (Wildman–Crippen LogP) is 2.65. The van der Waals surface area contributed by atoms with Crippen LogP contribution in [0.5, 0.6) is 5.75 Å². The highest BCUT2D eigenvalue weighted by Gasteiger charge is 2.22. The fourth-order valence-corrected chi connectivity index (χ4v) is 2.73. The Hall–Kier alpha value is -1.26. The van der Waals surface area contributed by atoms with Gasteiger partial charge in [-0.05, 0) is 51.4 Å². The van der Waals surface area contributed by atoms with E-state index < -0.39 is 0 Å². The lowest BCUT2D eigenvalue weighted by Gasteiger charge is -2.32. The summed E-state index contributed by atoms with van der Waals surface area (Å²) in [6.45, 7) is 5.70. The molecule has 1 aliphatic rings. The molecule has 5 heteroatoms. The molecule has 22 heavy (non-hydrogen) atoms. The van der Waals surface area contributed by atoms with Crippen molar-refractivity contribution in [1.29, 1.82) is 0 Å². The average Bonchev–Trinajstić information content (AvgIpc) is 2.47. The summed E-state index contributed by atoms with van der Waals surface area (Å²) in [6, 6.07) is 8.28.